The lowest BCUT2D eigenvalue weighted by Gasteiger charge is -2.19. The minimum Gasteiger partial charge on any atom is -0.493 e. The van der Waals surface area contributed by atoms with Crippen molar-refractivity contribution in [1.82, 2.24) is 5.32 Å². The first-order valence-corrected chi connectivity index (χ1v) is 8.55. The number of rotatable bonds is 8. The van der Waals surface area contributed by atoms with Gasteiger partial charge in [0, 0.05) is 18.7 Å². The number of ether oxygens (including phenoxy) is 2. The maximum atomic E-state index is 12.5. The van der Waals surface area contributed by atoms with E-state index in [9.17, 15) is 18.4 Å². The molecule has 1 atom stereocenters. The third-order valence-corrected chi connectivity index (χ3v) is 3.91. The van der Waals surface area contributed by atoms with Crippen LogP contribution in [0.25, 0.3) is 0 Å². The Kier molecular flexibility index (Phi) is 7.31. The fraction of sp³-hybridized carbons (Fsp3) is 0.300. The van der Waals surface area contributed by atoms with Crippen LogP contribution in [0.5, 0.6) is 11.5 Å². The highest BCUT2D eigenvalue weighted by molar-refractivity contribution is 5.92. The lowest BCUT2D eigenvalue weighted by molar-refractivity contribution is -0.120. The van der Waals surface area contributed by atoms with E-state index in [4.69, 9.17) is 4.74 Å². The summed E-state index contributed by atoms with van der Waals surface area (Å²) in [7, 11) is 1.32. The fourth-order valence-corrected chi connectivity index (χ4v) is 2.64. The number of carbonyl (C=O) groups excluding carboxylic acids is 2. The molecule has 0 aromatic heterocycles. The number of methoxy groups -OCH3 is 1. The first-order valence-electron chi connectivity index (χ1n) is 8.55. The van der Waals surface area contributed by atoms with Crippen LogP contribution in [0, 0.1) is 6.92 Å². The topological polar surface area (TPSA) is 76.7 Å². The molecule has 2 aromatic rings. The molecule has 2 N–H and O–H groups in total. The summed E-state index contributed by atoms with van der Waals surface area (Å²) in [5.41, 5.74) is 2.11. The molecule has 0 fully saturated rings. The van der Waals surface area contributed by atoms with Crippen LogP contribution in [-0.4, -0.2) is 25.5 Å². The molecule has 0 aliphatic carbocycles. The standard InChI is InChI=1S/C20H22F2N2O4/c1-12-4-6-14(7-5-12)16(23-13(2)25)11-19(26)24-15-8-9-17(27-3)18(10-15)28-20(21)22/h4-10,16,20H,11H2,1-3H3,(H,23,25)(H,24,26). The van der Waals surface area contributed by atoms with Crippen LogP contribution < -0.4 is 20.1 Å². The highest BCUT2D eigenvalue weighted by Crippen LogP contribution is 2.31. The number of aryl methyl sites for hydroxylation is 1. The molecule has 28 heavy (non-hydrogen) atoms. The summed E-state index contributed by atoms with van der Waals surface area (Å²) in [6.45, 7) is 0.286. The number of hydrogen-bond acceptors (Lipinski definition) is 4. The van der Waals surface area contributed by atoms with Gasteiger partial charge in [0.15, 0.2) is 11.5 Å². The van der Waals surface area contributed by atoms with E-state index >= 15 is 0 Å². The molecular formula is C20H22F2N2O4. The molecule has 2 aromatic carbocycles. The van der Waals surface area contributed by atoms with Gasteiger partial charge in [0.05, 0.1) is 19.6 Å². The Labute approximate surface area is 161 Å². The number of carbonyl (C=O) groups is 2. The van der Waals surface area contributed by atoms with Crippen LogP contribution in [-0.2, 0) is 9.59 Å². The molecule has 2 amide bonds. The van der Waals surface area contributed by atoms with Gasteiger partial charge in [-0.25, -0.2) is 0 Å². The Morgan fingerprint density at radius 2 is 1.75 bits per heavy atom. The van der Waals surface area contributed by atoms with E-state index in [0.29, 0.717) is 0 Å². The monoisotopic (exact) mass is 392 g/mol. The molecule has 0 aliphatic rings. The number of nitrogens with one attached hydrogen (secondary N) is 2. The summed E-state index contributed by atoms with van der Waals surface area (Å²) in [5.74, 6) is -0.732. The zero-order valence-electron chi connectivity index (χ0n) is 15.8. The number of benzene rings is 2. The first-order chi connectivity index (χ1) is 13.3. The quantitative estimate of drug-likeness (QED) is 0.716. The summed E-state index contributed by atoms with van der Waals surface area (Å²) < 4.78 is 34.4. The van der Waals surface area contributed by atoms with Crippen molar-refractivity contribution in [3.63, 3.8) is 0 Å². The number of anilines is 1. The molecule has 6 nitrogen and oxygen atoms in total. The van der Waals surface area contributed by atoms with Crippen LogP contribution in [0.15, 0.2) is 42.5 Å². The number of hydrogen-bond donors (Lipinski definition) is 2. The van der Waals surface area contributed by atoms with Gasteiger partial charge in [-0.1, -0.05) is 29.8 Å². The van der Waals surface area contributed by atoms with Crippen molar-refractivity contribution in [3.8, 4) is 11.5 Å². The normalized spacial score (nSPS) is 11.6. The summed E-state index contributed by atoms with van der Waals surface area (Å²) in [4.78, 5) is 24.0. The van der Waals surface area contributed by atoms with E-state index in [1.807, 2.05) is 31.2 Å². The average molecular weight is 392 g/mol. The van der Waals surface area contributed by atoms with E-state index in [1.165, 1.54) is 32.2 Å². The van der Waals surface area contributed by atoms with Gasteiger partial charge in [0.1, 0.15) is 0 Å². The molecule has 1 unspecified atom stereocenters. The second-order valence-electron chi connectivity index (χ2n) is 6.16. The second-order valence-corrected chi connectivity index (χ2v) is 6.16. The van der Waals surface area contributed by atoms with Gasteiger partial charge >= 0.3 is 6.61 Å². The van der Waals surface area contributed by atoms with Crippen molar-refractivity contribution < 1.29 is 27.8 Å². The van der Waals surface area contributed by atoms with Gasteiger partial charge in [-0.05, 0) is 24.6 Å². The van der Waals surface area contributed by atoms with Crippen LogP contribution >= 0.6 is 0 Å². The van der Waals surface area contributed by atoms with E-state index < -0.39 is 18.6 Å². The van der Waals surface area contributed by atoms with Crippen molar-refractivity contribution in [2.75, 3.05) is 12.4 Å². The van der Waals surface area contributed by atoms with Gasteiger partial charge in [0.2, 0.25) is 11.8 Å². The highest BCUT2D eigenvalue weighted by Gasteiger charge is 2.18. The van der Waals surface area contributed by atoms with Crippen molar-refractivity contribution in [3.05, 3.63) is 53.6 Å². The molecule has 0 saturated carbocycles. The highest BCUT2D eigenvalue weighted by atomic mass is 19.3. The SMILES string of the molecule is COc1ccc(NC(=O)CC(NC(C)=O)c2ccc(C)cc2)cc1OC(F)F. The summed E-state index contributed by atoms with van der Waals surface area (Å²) >= 11 is 0. The largest absolute Gasteiger partial charge is 0.493 e. The van der Waals surface area contributed by atoms with Crippen molar-refractivity contribution in [2.45, 2.75) is 32.9 Å². The predicted octanol–water partition coefficient (Wildman–Crippen LogP) is 3.81. The van der Waals surface area contributed by atoms with E-state index in [1.54, 1.807) is 0 Å². The van der Waals surface area contributed by atoms with E-state index in [2.05, 4.69) is 15.4 Å². The summed E-state index contributed by atoms with van der Waals surface area (Å²) in [6, 6.07) is 11.1. The summed E-state index contributed by atoms with van der Waals surface area (Å²) in [5, 5.41) is 5.37. The number of amides is 2. The third kappa shape index (κ3) is 6.22. The minimum absolute atomic E-state index is 0.0281. The number of halogens is 2. The Balaban J connectivity index is 2.13. The zero-order valence-corrected chi connectivity index (χ0v) is 15.8. The van der Waals surface area contributed by atoms with Crippen molar-refractivity contribution >= 4 is 17.5 Å². The van der Waals surface area contributed by atoms with Crippen LogP contribution in [0.4, 0.5) is 14.5 Å². The van der Waals surface area contributed by atoms with Gasteiger partial charge in [0.25, 0.3) is 0 Å². The third-order valence-electron chi connectivity index (χ3n) is 3.91. The maximum absolute atomic E-state index is 12.5. The zero-order chi connectivity index (χ0) is 20.7. The predicted molar refractivity (Wildman–Crippen MR) is 101 cm³/mol. The molecule has 2 rings (SSSR count). The first kappa shape index (κ1) is 21.1. The molecule has 0 radical (unpaired) electrons. The average Bonchev–Trinajstić information content (AvgIpc) is 2.61. The Morgan fingerprint density at radius 1 is 1.07 bits per heavy atom. The molecule has 0 bridgehead atoms. The van der Waals surface area contributed by atoms with Gasteiger partial charge in [-0.2, -0.15) is 8.78 Å². The van der Waals surface area contributed by atoms with Crippen LogP contribution in [0.2, 0.25) is 0 Å². The van der Waals surface area contributed by atoms with Gasteiger partial charge in [-0.3, -0.25) is 9.59 Å². The smallest absolute Gasteiger partial charge is 0.387 e. The molecule has 0 aliphatic heterocycles. The Morgan fingerprint density at radius 3 is 2.32 bits per heavy atom. The molecule has 0 heterocycles. The second kappa shape index (κ2) is 9.68. The van der Waals surface area contributed by atoms with Crippen molar-refractivity contribution in [1.29, 1.82) is 0 Å². The van der Waals surface area contributed by atoms with Crippen LogP contribution in [0.3, 0.4) is 0 Å². The molecule has 0 saturated heterocycles. The molecule has 8 heteroatoms. The molecule has 0 spiro atoms. The maximum Gasteiger partial charge on any atom is 0.387 e. The Hall–Kier alpha value is -3.16. The van der Waals surface area contributed by atoms with Crippen molar-refractivity contribution in [2.24, 2.45) is 0 Å². The lowest BCUT2D eigenvalue weighted by Crippen LogP contribution is -2.29. The van der Waals surface area contributed by atoms with Gasteiger partial charge in [-0.15, -0.1) is 0 Å². The lowest BCUT2D eigenvalue weighted by atomic mass is 10.0. The van der Waals surface area contributed by atoms with E-state index in [0.717, 1.165) is 11.1 Å². The van der Waals surface area contributed by atoms with E-state index in [-0.39, 0.29) is 29.5 Å². The molecular weight excluding hydrogens is 370 g/mol. The number of alkyl halides is 2. The Bertz CT molecular complexity index is 825. The van der Waals surface area contributed by atoms with Crippen LogP contribution in [0.1, 0.15) is 30.5 Å². The van der Waals surface area contributed by atoms with Gasteiger partial charge < -0.3 is 20.1 Å². The minimum atomic E-state index is -3.02. The molecule has 150 valence electrons. The summed E-state index contributed by atoms with van der Waals surface area (Å²) in [6.07, 6.45) is -0.0281. The fourth-order valence-electron chi connectivity index (χ4n) is 2.64.